The predicted molar refractivity (Wildman–Crippen MR) is 86.7 cm³/mol. The molecule has 1 aliphatic heterocycles. The highest BCUT2D eigenvalue weighted by molar-refractivity contribution is 5.52. The number of aromatic hydroxyl groups is 3. The first kappa shape index (κ1) is 16.0. The topological polar surface area (TPSA) is 99.4 Å². The zero-order chi connectivity index (χ0) is 17.3. The molecule has 1 heterocycles. The predicted octanol–water partition coefficient (Wildman–Crippen LogP) is 2.41. The van der Waals surface area contributed by atoms with Gasteiger partial charge in [0.05, 0.1) is 6.10 Å². The first-order valence-electron chi connectivity index (χ1n) is 7.45. The van der Waals surface area contributed by atoms with E-state index in [1.807, 2.05) is 0 Å². The van der Waals surface area contributed by atoms with Gasteiger partial charge in [-0.25, -0.2) is 0 Å². The van der Waals surface area contributed by atoms with Gasteiger partial charge in [-0.15, -0.1) is 0 Å². The average molecular weight is 330 g/mol. The molecular formula is C18H18O6. The molecule has 0 aliphatic carbocycles. The van der Waals surface area contributed by atoms with E-state index in [4.69, 9.17) is 9.47 Å². The van der Waals surface area contributed by atoms with Crippen LogP contribution < -0.4 is 9.47 Å². The van der Waals surface area contributed by atoms with Crippen molar-refractivity contribution in [2.45, 2.75) is 18.6 Å². The molecule has 2 atom stereocenters. The summed E-state index contributed by atoms with van der Waals surface area (Å²) in [4.78, 5) is 0. The smallest absolute Gasteiger partial charge is 0.161 e. The van der Waals surface area contributed by atoms with E-state index in [0.29, 0.717) is 16.9 Å². The zero-order valence-electron chi connectivity index (χ0n) is 12.8. The number of aliphatic hydroxyl groups is 1. The molecule has 6 heteroatoms. The summed E-state index contributed by atoms with van der Waals surface area (Å²) in [7, 11) is 0. The Hall–Kier alpha value is -2.86. The average Bonchev–Trinajstić information content (AvgIpc) is 2.54. The number of phenols is 3. The summed E-state index contributed by atoms with van der Waals surface area (Å²) >= 11 is 0. The number of benzene rings is 2. The fourth-order valence-electron chi connectivity index (χ4n) is 2.72. The first-order chi connectivity index (χ1) is 11.5. The number of hydrogen-bond donors (Lipinski definition) is 4. The van der Waals surface area contributed by atoms with Crippen molar-refractivity contribution in [2.24, 2.45) is 0 Å². The molecule has 0 unspecified atom stereocenters. The summed E-state index contributed by atoms with van der Waals surface area (Å²) in [5.74, 6) is 0.295. The Bertz CT molecular complexity index is 770. The maximum absolute atomic E-state index is 10.4. The number of fused-ring (bicyclic) bond motifs is 1. The van der Waals surface area contributed by atoms with Crippen molar-refractivity contribution in [1.29, 1.82) is 0 Å². The number of hydrogen-bond acceptors (Lipinski definition) is 6. The minimum atomic E-state index is -0.898. The third-order valence-electron chi connectivity index (χ3n) is 3.86. The van der Waals surface area contributed by atoms with Crippen molar-refractivity contribution >= 4 is 0 Å². The molecule has 0 radical (unpaired) electrons. The van der Waals surface area contributed by atoms with Crippen molar-refractivity contribution in [2.75, 3.05) is 6.61 Å². The largest absolute Gasteiger partial charge is 0.508 e. The van der Waals surface area contributed by atoms with Crippen LogP contribution in [0.1, 0.15) is 17.2 Å². The number of rotatable bonds is 4. The van der Waals surface area contributed by atoms with Gasteiger partial charge in [-0.1, -0.05) is 18.7 Å². The molecule has 24 heavy (non-hydrogen) atoms. The molecule has 126 valence electrons. The fraction of sp³-hybridized carbons (Fsp3) is 0.222. The highest BCUT2D eigenvalue weighted by Crippen LogP contribution is 2.42. The second kappa shape index (κ2) is 6.33. The zero-order valence-corrected chi connectivity index (χ0v) is 12.8. The van der Waals surface area contributed by atoms with Gasteiger partial charge in [-0.3, -0.25) is 0 Å². The van der Waals surface area contributed by atoms with E-state index >= 15 is 0 Å². The fourth-order valence-corrected chi connectivity index (χ4v) is 2.72. The van der Waals surface area contributed by atoms with E-state index in [-0.39, 0.29) is 36.0 Å². The maximum atomic E-state index is 10.4. The molecule has 0 fully saturated rings. The molecule has 0 bridgehead atoms. The lowest BCUT2D eigenvalue weighted by Crippen LogP contribution is -2.30. The second-order valence-electron chi connectivity index (χ2n) is 5.58. The van der Waals surface area contributed by atoms with Crippen molar-refractivity contribution < 1.29 is 29.9 Å². The third kappa shape index (κ3) is 2.96. The molecule has 2 aromatic rings. The summed E-state index contributed by atoms with van der Waals surface area (Å²) in [5.41, 5.74) is 1.05. The van der Waals surface area contributed by atoms with Crippen molar-refractivity contribution in [3.8, 4) is 28.7 Å². The number of aliphatic hydroxyl groups excluding tert-OH is 1. The van der Waals surface area contributed by atoms with E-state index < -0.39 is 12.2 Å². The number of phenolic OH excluding ortho intramolecular Hbond substituents is 3. The summed E-state index contributed by atoms with van der Waals surface area (Å²) < 4.78 is 11.1. The summed E-state index contributed by atoms with van der Waals surface area (Å²) in [6.45, 7) is 3.78. The molecule has 6 nitrogen and oxygen atoms in total. The molecule has 0 amide bonds. The number of ether oxygens (including phenoxy) is 2. The van der Waals surface area contributed by atoms with Crippen LogP contribution >= 0.6 is 0 Å². The SMILES string of the molecule is C=CCOc1cc([C@H]2Oc3cc(O)cc(O)c3C[C@H]2O)ccc1O. The Labute approximate surface area is 138 Å². The molecule has 3 rings (SSSR count). The van der Waals surface area contributed by atoms with E-state index in [1.165, 1.54) is 18.2 Å². The van der Waals surface area contributed by atoms with Crippen LogP contribution in [-0.4, -0.2) is 33.1 Å². The molecule has 4 N–H and O–H groups in total. The van der Waals surface area contributed by atoms with Crippen LogP contribution in [0, 0.1) is 0 Å². The normalized spacial score (nSPS) is 19.2. The lowest BCUT2D eigenvalue weighted by molar-refractivity contribution is 0.0196. The monoisotopic (exact) mass is 330 g/mol. The molecular weight excluding hydrogens is 312 g/mol. The van der Waals surface area contributed by atoms with E-state index in [9.17, 15) is 20.4 Å². The Morgan fingerprint density at radius 3 is 2.71 bits per heavy atom. The summed E-state index contributed by atoms with van der Waals surface area (Å²) in [6, 6.07) is 7.26. The van der Waals surface area contributed by atoms with Crippen LogP contribution in [0.15, 0.2) is 43.0 Å². The van der Waals surface area contributed by atoms with Crippen LogP contribution in [0.25, 0.3) is 0 Å². The lowest BCUT2D eigenvalue weighted by Gasteiger charge is -2.31. The van der Waals surface area contributed by atoms with Gasteiger partial charge in [0.15, 0.2) is 11.5 Å². The van der Waals surface area contributed by atoms with Crippen LogP contribution in [0.3, 0.4) is 0 Å². The Kier molecular flexibility index (Phi) is 4.22. The molecule has 0 spiro atoms. The van der Waals surface area contributed by atoms with E-state index in [1.54, 1.807) is 18.2 Å². The van der Waals surface area contributed by atoms with Crippen LogP contribution in [-0.2, 0) is 6.42 Å². The highest BCUT2D eigenvalue weighted by atomic mass is 16.5. The Morgan fingerprint density at radius 1 is 1.17 bits per heavy atom. The van der Waals surface area contributed by atoms with Crippen molar-refractivity contribution in [3.63, 3.8) is 0 Å². The van der Waals surface area contributed by atoms with Gasteiger partial charge in [-0.05, 0) is 17.7 Å². The Balaban J connectivity index is 1.93. The standard InChI is InChI=1S/C18H18O6/c1-2-5-23-17-6-10(3-4-13(17)20)18-15(22)9-12-14(21)7-11(19)8-16(12)24-18/h2-4,6-8,15,18-22H,1,5,9H2/t15-,18-/m1/s1. The van der Waals surface area contributed by atoms with E-state index in [0.717, 1.165) is 0 Å². The Morgan fingerprint density at radius 2 is 1.96 bits per heavy atom. The summed E-state index contributed by atoms with van der Waals surface area (Å²) in [6.07, 6.45) is 0.116. The molecule has 0 saturated heterocycles. The van der Waals surface area contributed by atoms with Gasteiger partial charge >= 0.3 is 0 Å². The van der Waals surface area contributed by atoms with E-state index in [2.05, 4.69) is 6.58 Å². The van der Waals surface area contributed by atoms with Gasteiger partial charge < -0.3 is 29.9 Å². The van der Waals surface area contributed by atoms with Gasteiger partial charge in [-0.2, -0.15) is 0 Å². The first-order valence-corrected chi connectivity index (χ1v) is 7.45. The van der Waals surface area contributed by atoms with Crippen molar-refractivity contribution in [1.82, 2.24) is 0 Å². The molecule has 0 saturated carbocycles. The maximum Gasteiger partial charge on any atom is 0.161 e. The van der Waals surface area contributed by atoms with Crippen molar-refractivity contribution in [3.05, 3.63) is 54.1 Å². The highest BCUT2D eigenvalue weighted by Gasteiger charge is 2.32. The lowest BCUT2D eigenvalue weighted by atomic mass is 9.94. The quantitative estimate of drug-likeness (QED) is 0.643. The van der Waals surface area contributed by atoms with Gasteiger partial charge in [0.1, 0.15) is 30.0 Å². The molecule has 1 aliphatic rings. The molecule has 0 aromatic heterocycles. The van der Waals surface area contributed by atoms with Gasteiger partial charge in [0.2, 0.25) is 0 Å². The van der Waals surface area contributed by atoms with Gasteiger partial charge in [0.25, 0.3) is 0 Å². The second-order valence-corrected chi connectivity index (χ2v) is 5.58. The molecule has 2 aromatic carbocycles. The third-order valence-corrected chi connectivity index (χ3v) is 3.86. The minimum absolute atomic E-state index is 0.0263. The minimum Gasteiger partial charge on any atom is -0.508 e. The summed E-state index contributed by atoms with van der Waals surface area (Å²) in [5, 5.41) is 39.7. The van der Waals surface area contributed by atoms with Crippen LogP contribution in [0.5, 0.6) is 28.7 Å². The van der Waals surface area contributed by atoms with Gasteiger partial charge in [0, 0.05) is 24.1 Å². The van der Waals surface area contributed by atoms with Crippen LogP contribution in [0.4, 0.5) is 0 Å². The van der Waals surface area contributed by atoms with Crippen LogP contribution in [0.2, 0.25) is 0 Å².